The van der Waals surface area contributed by atoms with Crippen molar-refractivity contribution in [3.63, 3.8) is 0 Å². The van der Waals surface area contributed by atoms with E-state index < -0.39 is 10.0 Å². The Balaban J connectivity index is 1.84. The fraction of sp³-hybridized carbons (Fsp3) is 0.250. The second kappa shape index (κ2) is 7.40. The molecule has 0 aromatic heterocycles. The molecule has 0 saturated carbocycles. The minimum absolute atomic E-state index is 0.110. The first-order valence-corrected chi connectivity index (χ1v) is 8.36. The maximum atomic E-state index is 12.2. The molecular formula is C16H19NO4S. The lowest BCUT2D eigenvalue weighted by atomic mass is 10.2. The molecule has 0 atom stereocenters. The van der Waals surface area contributed by atoms with E-state index in [1.807, 2.05) is 43.3 Å². The van der Waals surface area contributed by atoms with Crippen molar-refractivity contribution in [2.24, 2.45) is 0 Å². The van der Waals surface area contributed by atoms with Gasteiger partial charge >= 0.3 is 0 Å². The molecule has 0 amide bonds. The van der Waals surface area contributed by atoms with Gasteiger partial charge in [0.25, 0.3) is 10.0 Å². The summed E-state index contributed by atoms with van der Waals surface area (Å²) in [5, 5.41) is 0. The van der Waals surface area contributed by atoms with Gasteiger partial charge in [-0.05, 0) is 43.2 Å². The van der Waals surface area contributed by atoms with E-state index in [1.165, 1.54) is 0 Å². The number of sulfonamides is 1. The van der Waals surface area contributed by atoms with Crippen LogP contribution in [0.1, 0.15) is 11.1 Å². The van der Waals surface area contributed by atoms with Crippen LogP contribution in [-0.2, 0) is 14.9 Å². The molecule has 0 bridgehead atoms. The SMILES string of the molecule is Cc1ccc(C)c(S(=O)(=O)NOCCOc2ccccc2)c1. The monoisotopic (exact) mass is 321 g/mol. The largest absolute Gasteiger partial charge is 0.491 e. The molecule has 5 nitrogen and oxygen atoms in total. The van der Waals surface area contributed by atoms with E-state index in [4.69, 9.17) is 9.57 Å². The third-order valence-corrected chi connectivity index (χ3v) is 4.36. The van der Waals surface area contributed by atoms with Crippen LogP contribution in [0.15, 0.2) is 53.4 Å². The van der Waals surface area contributed by atoms with E-state index in [-0.39, 0.29) is 18.1 Å². The second-order valence-electron chi connectivity index (χ2n) is 4.87. The third kappa shape index (κ3) is 4.56. The zero-order chi connectivity index (χ0) is 16.0. The normalized spacial score (nSPS) is 11.4. The minimum atomic E-state index is -3.69. The summed E-state index contributed by atoms with van der Waals surface area (Å²) in [5.41, 5.74) is 1.54. The fourth-order valence-electron chi connectivity index (χ4n) is 1.88. The Bertz CT molecular complexity index is 714. The molecule has 0 aliphatic heterocycles. The molecular weight excluding hydrogens is 302 g/mol. The number of hydrogen-bond acceptors (Lipinski definition) is 4. The van der Waals surface area contributed by atoms with Gasteiger partial charge in [-0.2, -0.15) is 0 Å². The highest BCUT2D eigenvalue weighted by Gasteiger charge is 2.16. The maximum absolute atomic E-state index is 12.2. The first-order chi connectivity index (χ1) is 10.5. The van der Waals surface area contributed by atoms with Crippen molar-refractivity contribution in [1.82, 2.24) is 4.89 Å². The van der Waals surface area contributed by atoms with E-state index in [1.54, 1.807) is 19.1 Å². The molecule has 0 radical (unpaired) electrons. The molecule has 0 unspecified atom stereocenters. The average molecular weight is 321 g/mol. The quantitative estimate of drug-likeness (QED) is 0.629. The molecule has 2 aromatic rings. The molecule has 0 saturated heterocycles. The van der Waals surface area contributed by atoms with Crippen molar-refractivity contribution in [3.8, 4) is 5.75 Å². The average Bonchev–Trinajstić information content (AvgIpc) is 2.50. The number of hydrogen-bond donors (Lipinski definition) is 1. The van der Waals surface area contributed by atoms with Crippen LogP contribution in [0.5, 0.6) is 5.75 Å². The Morgan fingerprint density at radius 1 is 1.00 bits per heavy atom. The van der Waals surface area contributed by atoms with Crippen LogP contribution in [0.3, 0.4) is 0 Å². The van der Waals surface area contributed by atoms with E-state index in [0.717, 1.165) is 5.56 Å². The van der Waals surface area contributed by atoms with Gasteiger partial charge in [-0.3, -0.25) is 4.84 Å². The first kappa shape index (κ1) is 16.5. The topological polar surface area (TPSA) is 64.6 Å². The number of para-hydroxylation sites is 1. The summed E-state index contributed by atoms with van der Waals surface area (Å²) in [7, 11) is -3.69. The summed E-state index contributed by atoms with van der Waals surface area (Å²) in [4.78, 5) is 7.35. The molecule has 22 heavy (non-hydrogen) atoms. The van der Waals surface area contributed by atoms with Crippen molar-refractivity contribution >= 4 is 10.0 Å². The molecule has 0 spiro atoms. The van der Waals surface area contributed by atoms with Crippen LogP contribution in [0.25, 0.3) is 0 Å². The van der Waals surface area contributed by atoms with Gasteiger partial charge in [0.05, 0.1) is 4.90 Å². The van der Waals surface area contributed by atoms with Gasteiger partial charge in [0.2, 0.25) is 0 Å². The highest BCUT2D eigenvalue weighted by molar-refractivity contribution is 7.89. The molecule has 1 N–H and O–H groups in total. The van der Waals surface area contributed by atoms with Gasteiger partial charge in [-0.25, -0.2) is 8.42 Å². The standard InChI is InChI=1S/C16H19NO4S/c1-13-8-9-14(2)16(12-13)22(18,19)17-21-11-10-20-15-6-4-3-5-7-15/h3-9,12,17H,10-11H2,1-2H3. The van der Waals surface area contributed by atoms with Crippen LogP contribution in [-0.4, -0.2) is 21.6 Å². The van der Waals surface area contributed by atoms with Crippen LogP contribution >= 0.6 is 0 Å². The van der Waals surface area contributed by atoms with E-state index in [2.05, 4.69) is 4.89 Å². The van der Waals surface area contributed by atoms with Gasteiger partial charge in [-0.1, -0.05) is 35.2 Å². The Labute approximate surface area is 130 Å². The van der Waals surface area contributed by atoms with Crippen molar-refractivity contribution in [3.05, 3.63) is 59.7 Å². The smallest absolute Gasteiger partial charge is 0.262 e. The summed E-state index contributed by atoms with van der Waals surface area (Å²) in [6.45, 7) is 3.94. The van der Waals surface area contributed by atoms with Crippen LogP contribution < -0.4 is 9.62 Å². The fourth-order valence-corrected chi connectivity index (χ4v) is 3.04. The summed E-state index contributed by atoms with van der Waals surface area (Å²) in [6.07, 6.45) is 0. The molecule has 2 aromatic carbocycles. The maximum Gasteiger partial charge on any atom is 0.262 e. The van der Waals surface area contributed by atoms with Gasteiger partial charge in [0.1, 0.15) is 19.0 Å². The number of aryl methyl sites for hydroxylation is 2. The van der Waals surface area contributed by atoms with Crippen LogP contribution in [0.2, 0.25) is 0 Å². The first-order valence-electron chi connectivity index (χ1n) is 6.88. The molecule has 2 rings (SSSR count). The van der Waals surface area contributed by atoms with E-state index in [0.29, 0.717) is 11.3 Å². The van der Waals surface area contributed by atoms with Crippen LogP contribution in [0, 0.1) is 13.8 Å². The molecule has 0 aliphatic rings. The Morgan fingerprint density at radius 2 is 1.73 bits per heavy atom. The lowest BCUT2D eigenvalue weighted by molar-refractivity contribution is 0.0665. The van der Waals surface area contributed by atoms with Crippen molar-refractivity contribution in [2.75, 3.05) is 13.2 Å². The van der Waals surface area contributed by atoms with Crippen molar-refractivity contribution in [2.45, 2.75) is 18.7 Å². The van der Waals surface area contributed by atoms with Crippen molar-refractivity contribution < 1.29 is 18.0 Å². The molecule has 0 heterocycles. The van der Waals surface area contributed by atoms with E-state index in [9.17, 15) is 8.42 Å². The predicted molar refractivity (Wildman–Crippen MR) is 84.1 cm³/mol. The number of ether oxygens (including phenoxy) is 1. The molecule has 6 heteroatoms. The zero-order valence-corrected chi connectivity index (χ0v) is 13.4. The summed E-state index contributed by atoms with van der Waals surface area (Å²) >= 11 is 0. The molecule has 0 aliphatic carbocycles. The third-order valence-electron chi connectivity index (χ3n) is 3.00. The summed E-state index contributed by atoms with van der Waals surface area (Å²) in [5.74, 6) is 0.712. The van der Waals surface area contributed by atoms with E-state index >= 15 is 0 Å². The van der Waals surface area contributed by atoms with Gasteiger partial charge in [0.15, 0.2) is 0 Å². The Hall–Kier alpha value is -1.89. The number of nitrogens with one attached hydrogen (secondary N) is 1. The lowest BCUT2D eigenvalue weighted by Crippen LogP contribution is -2.27. The van der Waals surface area contributed by atoms with Gasteiger partial charge < -0.3 is 4.74 Å². The lowest BCUT2D eigenvalue weighted by Gasteiger charge is -2.10. The number of rotatable bonds is 7. The molecule has 118 valence electrons. The Morgan fingerprint density at radius 3 is 2.45 bits per heavy atom. The van der Waals surface area contributed by atoms with Gasteiger partial charge in [0, 0.05) is 0 Å². The van der Waals surface area contributed by atoms with Crippen molar-refractivity contribution in [1.29, 1.82) is 0 Å². The minimum Gasteiger partial charge on any atom is -0.491 e. The highest BCUT2D eigenvalue weighted by Crippen LogP contribution is 2.16. The van der Waals surface area contributed by atoms with Crippen LogP contribution in [0.4, 0.5) is 0 Å². The summed E-state index contributed by atoms with van der Waals surface area (Å²) in [6, 6.07) is 14.5. The number of benzene rings is 2. The highest BCUT2D eigenvalue weighted by atomic mass is 32.2. The molecule has 0 fully saturated rings. The van der Waals surface area contributed by atoms with Gasteiger partial charge in [-0.15, -0.1) is 0 Å². The Kier molecular flexibility index (Phi) is 5.54. The second-order valence-corrected chi connectivity index (χ2v) is 6.48. The zero-order valence-electron chi connectivity index (χ0n) is 12.6. The predicted octanol–water partition coefficient (Wildman–Crippen LogP) is 2.59. The summed E-state index contributed by atoms with van der Waals surface area (Å²) < 4.78 is 29.7.